The summed E-state index contributed by atoms with van der Waals surface area (Å²) in [5.74, 6) is 0. The quantitative estimate of drug-likeness (QED) is 0.739. The van der Waals surface area contributed by atoms with Crippen LogP contribution in [0.15, 0.2) is 16.7 Å². The van der Waals surface area contributed by atoms with Gasteiger partial charge in [0.05, 0.1) is 11.9 Å². The van der Waals surface area contributed by atoms with Crippen molar-refractivity contribution in [3.05, 3.63) is 22.4 Å². The summed E-state index contributed by atoms with van der Waals surface area (Å²) >= 11 is 6.55. The fourth-order valence-corrected chi connectivity index (χ4v) is 1.08. The van der Waals surface area contributed by atoms with E-state index in [1.165, 1.54) is 0 Å². The van der Waals surface area contributed by atoms with Gasteiger partial charge in [-0.25, -0.2) is 0 Å². The predicted molar refractivity (Wildman–Crippen MR) is 52.7 cm³/mol. The van der Waals surface area contributed by atoms with Crippen LogP contribution in [0.25, 0.3) is 0 Å². The zero-order valence-corrected chi connectivity index (χ0v) is 9.81. The molecule has 1 aromatic heterocycles. The number of aromatic nitrogens is 2. The molecule has 0 fully saturated rings. The topological polar surface area (TPSA) is 25.8 Å². The number of hydrogen-bond donors (Lipinski definition) is 0. The molecule has 5 heteroatoms. The van der Waals surface area contributed by atoms with Crippen LogP contribution in [0.4, 0.5) is 0 Å². The highest BCUT2D eigenvalue weighted by Crippen LogP contribution is 2.08. The van der Waals surface area contributed by atoms with Gasteiger partial charge in [-0.15, -0.1) is 17.0 Å². The molecule has 2 nitrogen and oxygen atoms in total. The maximum Gasteiger partial charge on any atom is 0.0747 e. The zero-order valence-electron chi connectivity index (χ0n) is 4.92. The summed E-state index contributed by atoms with van der Waals surface area (Å²) in [6.07, 6.45) is 1.66. The molecule has 1 heterocycles. The third-order valence-corrected chi connectivity index (χ3v) is 1.82. The number of nitrogens with zero attached hydrogens (tertiary/aromatic N) is 2. The molecule has 0 unspecified atom stereocenters. The maximum atomic E-state index is 3.83. The van der Waals surface area contributed by atoms with E-state index >= 15 is 0 Å². The van der Waals surface area contributed by atoms with Crippen molar-refractivity contribution in [2.24, 2.45) is 0 Å². The predicted octanol–water partition coefficient (Wildman–Crippen LogP) is 2.71. The normalized spacial score (nSPS) is 8.60. The van der Waals surface area contributed by atoms with Gasteiger partial charge in [-0.2, -0.15) is 10.2 Å². The van der Waals surface area contributed by atoms with Crippen LogP contribution in [0, 0.1) is 0 Å². The van der Waals surface area contributed by atoms with Crippen LogP contribution < -0.4 is 0 Å². The van der Waals surface area contributed by atoms with Crippen LogP contribution in [-0.2, 0) is 5.33 Å². The van der Waals surface area contributed by atoms with Gasteiger partial charge >= 0.3 is 0 Å². The average molecular weight is 333 g/mol. The molecule has 0 amide bonds. The SMILES string of the molecule is Br.BrCc1cc(Br)cnn1. The van der Waals surface area contributed by atoms with E-state index in [1.807, 2.05) is 6.07 Å². The minimum Gasteiger partial charge on any atom is -0.158 e. The van der Waals surface area contributed by atoms with Gasteiger partial charge in [0, 0.05) is 9.80 Å². The van der Waals surface area contributed by atoms with Crippen molar-refractivity contribution < 1.29 is 0 Å². The smallest absolute Gasteiger partial charge is 0.0747 e. The van der Waals surface area contributed by atoms with Gasteiger partial charge in [0.1, 0.15) is 0 Å². The highest BCUT2D eigenvalue weighted by molar-refractivity contribution is 9.10. The molecular formula is C5H5Br3N2. The molecule has 0 aliphatic heterocycles. The third-order valence-electron chi connectivity index (χ3n) is 0.809. The number of rotatable bonds is 1. The van der Waals surface area contributed by atoms with Crippen LogP contribution in [0.5, 0.6) is 0 Å². The van der Waals surface area contributed by atoms with Gasteiger partial charge in [0.15, 0.2) is 0 Å². The number of alkyl halides is 1. The second-order valence-corrected chi connectivity index (χ2v) is 2.98. The second-order valence-electron chi connectivity index (χ2n) is 1.50. The van der Waals surface area contributed by atoms with E-state index in [0.717, 1.165) is 15.5 Å². The Balaban J connectivity index is 0.000000810. The van der Waals surface area contributed by atoms with Crippen LogP contribution in [0.3, 0.4) is 0 Å². The van der Waals surface area contributed by atoms with Crippen LogP contribution in [0.2, 0.25) is 0 Å². The molecular weight excluding hydrogens is 328 g/mol. The van der Waals surface area contributed by atoms with Crippen molar-refractivity contribution in [1.29, 1.82) is 0 Å². The van der Waals surface area contributed by atoms with E-state index in [4.69, 9.17) is 0 Å². The van der Waals surface area contributed by atoms with E-state index in [0.29, 0.717) is 0 Å². The van der Waals surface area contributed by atoms with Crippen molar-refractivity contribution in [3.8, 4) is 0 Å². The summed E-state index contributed by atoms with van der Waals surface area (Å²) in [6.45, 7) is 0. The Morgan fingerprint density at radius 2 is 2.20 bits per heavy atom. The van der Waals surface area contributed by atoms with Crippen molar-refractivity contribution in [3.63, 3.8) is 0 Å². The highest BCUT2D eigenvalue weighted by Gasteiger charge is 1.91. The fraction of sp³-hybridized carbons (Fsp3) is 0.200. The van der Waals surface area contributed by atoms with Crippen molar-refractivity contribution in [2.75, 3.05) is 0 Å². The molecule has 0 spiro atoms. The van der Waals surface area contributed by atoms with E-state index in [1.54, 1.807) is 6.20 Å². The summed E-state index contributed by atoms with van der Waals surface area (Å²) in [4.78, 5) is 0. The standard InChI is InChI=1S/C5H4Br2N2.BrH/c6-2-5-1-4(7)3-8-9-5;/h1,3H,2H2;1H. The van der Waals surface area contributed by atoms with Gasteiger partial charge in [-0.05, 0) is 22.0 Å². The van der Waals surface area contributed by atoms with E-state index in [2.05, 4.69) is 42.1 Å². The Morgan fingerprint density at radius 3 is 2.60 bits per heavy atom. The Labute approximate surface area is 86.5 Å². The van der Waals surface area contributed by atoms with Crippen LogP contribution >= 0.6 is 48.8 Å². The van der Waals surface area contributed by atoms with Gasteiger partial charge < -0.3 is 0 Å². The summed E-state index contributed by atoms with van der Waals surface area (Å²) in [5.41, 5.74) is 0.935. The van der Waals surface area contributed by atoms with Gasteiger partial charge in [0.25, 0.3) is 0 Å². The lowest BCUT2D eigenvalue weighted by atomic mass is 10.4. The van der Waals surface area contributed by atoms with E-state index in [-0.39, 0.29) is 17.0 Å². The monoisotopic (exact) mass is 330 g/mol. The first-order chi connectivity index (χ1) is 4.33. The molecule has 1 rings (SSSR count). The van der Waals surface area contributed by atoms with E-state index < -0.39 is 0 Å². The lowest BCUT2D eigenvalue weighted by molar-refractivity contribution is 0.967. The molecule has 0 N–H and O–H groups in total. The molecule has 1 aromatic rings. The molecule has 0 aliphatic carbocycles. The fourth-order valence-electron chi connectivity index (χ4n) is 0.449. The highest BCUT2D eigenvalue weighted by atomic mass is 79.9. The average Bonchev–Trinajstić information content (AvgIpc) is 1.88. The van der Waals surface area contributed by atoms with Crippen LogP contribution in [0.1, 0.15) is 5.69 Å². The van der Waals surface area contributed by atoms with Gasteiger partial charge in [0.2, 0.25) is 0 Å². The number of hydrogen-bond acceptors (Lipinski definition) is 2. The summed E-state index contributed by atoms with van der Waals surface area (Å²) in [7, 11) is 0. The first kappa shape index (κ1) is 10.5. The molecule has 56 valence electrons. The number of halogens is 3. The zero-order chi connectivity index (χ0) is 6.69. The molecule has 0 radical (unpaired) electrons. The molecule has 0 aliphatic rings. The Morgan fingerprint density at radius 1 is 1.50 bits per heavy atom. The lowest BCUT2D eigenvalue weighted by Gasteiger charge is -1.90. The molecule has 10 heavy (non-hydrogen) atoms. The second kappa shape index (κ2) is 5.21. The first-order valence-corrected chi connectivity index (χ1v) is 4.27. The molecule has 0 aromatic carbocycles. The Kier molecular flexibility index (Phi) is 5.48. The first-order valence-electron chi connectivity index (χ1n) is 2.36. The summed E-state index contributed by atoms with van der Waals surface area (Å²) in [5, 5.41) is 8.31. The minimum atomic E-state index is 0. The van der Waals surface area contributed by atoms with Crippen molar-refractivity contribution in [2.45, 2.75) is 5.33 Å². The Bertz CT molecular complexity index is 204. The third kappa shape index (κ3) is 3.07. The molecule has 0 atom stereocenters. The van der Waals surface area contributed by atoms with E-state index in [9.17, 15) is 0 Å². The van der Waals surface area contributed by atoms with Crippen molar-refractivity contribution in [1.82, 2.24) is 10.2 Å². The van der Waals surface area contributed by atoms with Gasteiger partial charge in [-0.3, -0.25) is 0 Å². The van der Waals surface area contributed by atoms with Crippen LogP contribution in [-0.4, -0.2) is 10.2 Å². The molecule has 0 saturated carbocycles. The summed E-state index contributed by atoms with van der Waals surface area (Å²) in [6, 6.07) is 1.92. The maximum absolute atomic E-state index is 3.83. The molecule has 0 bridgehead atoms. The summed E-state index contributed by atoms with van der Waals surface area (Å²) < 4.78 is 0.965. The lowest BCUT2D eigenvalue weighted by Crippen LogP contribution is -1.86. The molecule has 0 saturated heterocycles. The minimum absolute atomic E-state index is 0. The van der Waals surface area contributed by atoms with Crippen molar-refractivity contribution >= 4 is 48.8 Å². The Hall–Kier alpha value is 0.520. The van der Waals surface area contributed by atoms with Gasteiger partial charge in [-0.1, -0.05) is 15.9 Å². The largest absolute Gasteiger partial charge is 0.158 e.